The SMILES string of the molecule is CCC1CCC(C2CCC(OCC3=C(F)C(F)=C(OC)CC3)CC2)CO1. The lowest BCUT2D eigenvalue weighted by Crippen LogP contribution is -2.33. The first-order valence-corrected chi connectivity index (χ1v) is 10.2. The molecule has 2 aliphatic carbocycles. The largest absolute Gasteiger partial charge is 0.498 e. The van der Waals surface area contributed by atoms with E-state index in [0.29, 0.717) is 30.4 Å². The minimum absolute atomic E-state index is 0.103. The molecule has 1 saturated carbocycles. The first kappa shape index (κ1) is 19.8. The van der Waals surface area contributed by atoms with Crippen molar-refractivity contribution in [1.82, 2.24) is 0 Å². The molecule has 1 saturated heterocycles. The third-order valence-electron chi connectivity index (χ3n) is 6.39. The van der Waals surface area contributed by atoms with Crippen molar-refractivity contribution in [3.05, 3.63) is 23.0 Å². The van der Waals surface area contributed by atoms with Crippen molar-refractivity contribution in [3.8, 4) is 0 Å². The maximum absolute atomic E-state index is 14.1. The fraction of sp³-hybridized carbons (Fsp3) is 0.810. The van der Waals surface area contributed by atoms with E-state index in [-0.39, 0.29) is 18.5 Å². The average Bonchev–Trinajstić information content (AvgIpc) is 2.70. The second kappa shape index (κ2) is 9.32. The van der Waals surface area contributed by atoms with Crippen molar-refractivity contribution >= 4 is 0 Å². The van der Waals surface area contributed by atoms with E-state index >= 15 is 0 Å². The summed E-state index contributed by atoms with van der Waals surface area (Å²) in [7, 11) is 1.38. The molecular formula is C21H32F2O3. The lowest BCUT2D eigenvalue weighted by molar-refractivity contribution is -0.0485. The Morgan fingerprint density at radius 3 is 2.31 bits per heavy atom. The van der Waals surface area contributed by atoms with Crippen LogP contribution in [0.25, 0.3) is 0 Å². The van der Waals surface area contributed by atoms with Gasteiger partial charge in [0.2, 0.25) is 0 Å². The van der Waals surface area contributed by atoms with Gasteiger partial charge in [-0.2, -0.15) is 0 Å². The van der Waals surface area contributed by atoms with Crippen LogP contribution in [0.5, 0.6) is 0 Å². The summed E-state index contributed by atoms with van der Waals surface area (Å²) in [6.07, 6.45) is 9.39. The van der Waals surface area contributed by atoms with Crippen LogP contribution in [0.15, 0.2) is 23.0 Å². The van der Waals surface area contributed by atoms with Crippen LogP contribution in [0.3, 0.4) is 0 Å². The van der Waals surface area contributed by atoms with Crippen molar-refractivity contribution < 1.29 is 23.0 Å². The van der Waals surface area contributed by atoms with E-state index in [1.54, 1.807) is 0 Å². The zero-order valence-electron chi connectivity index (χ0n) is 16.1. The van der Waals surface area contributed by atoms with E-state index in [1.807, 2.05) is 0 Å². The summed E-state index contributed by atoms with van der Waals surface area (Å²) in [6.45, 7) is 3.28. The highest BCUT2D eigenvalue weighted by Gasteiger charge is 2.31. The Balaban J connectivity index is 1.42. The quantitative estimate of drug-likeness (QED) is 0.608. The van der Waals surface area contributed by atoms with Crippen molar-refractivity contribution in [1.29, 1.82) is 0 Å². The van der Waals surface area contributed by atoms with Gasteiger partial charge in [0.1, 0.15) is 5.76 Å². The third kappa shape index (κ3) is 4.66. The van der Waals surface area contributed by atoms with Gasteiger partial charge in [0.25, 0.3) is 0 Å². The molecule has 0 amide bonds. The number of allylic oxidation sites excluding steroid dienone is 3. The van der Waals surface area contributed by atoms with Gasteiger partial charge in [0.15, 0.2) is 11.7 Å². The Labute approximate surface area is 155 Å². The topological polar surface area (TPSA) is 27.7 Å². The van der Waals surface area contributed by atoms with Crippen molar-refractivity contribution in [2.45, 2.75) is 76.9 Å². The van der Waals surface area contributed by atoms with Gasteiger partial charge in [0, 0.05) is 6.42 Å². The number of hydrogen-bond acceptors (Lipinski definition) is 3. The zero-order valence-corrected chi connectivity index (χ0v) is 16.1. The summed E-state index contributed by atoms with van der Waals surface area (Å²) in [5.74, 6) is -0.131. The normalized spacial score (nSPS) is 33.5. The highest BCUT2D eigenvalue weighted by atomic mass is 19.2. The van der Waals surface area contributed by atoms with E-state index in [0.717, 1.165) is 44.6 Å². The molecule has 2 fully saturated rings. The lowest BCUT2D eigenvalue weighted by Gasteiger charge is -2.37. The maximum atomic E-state index is 14.1. The van der Waals surface area contributed by atoms with Crippen molar-refractivity contribution in [3.63, 3.8) is 0 Å². The fourth-order valence-corrected chi connectivity index (χ4v) is 4.55. The van der Waals surface area contributed by atoms with Gasteiger partial charge in [-0.1, -0.05) is 6.92 Å². The van der Waals surface area contributed by atoms with E-state index in [1.165, 1.54) is 20.0 Å². The van der Waals surface area contributed by atoms with Gasteiger partial charge in [-0.25, -0.2) is 8.78 Å². The summed E-state index contributed by atoms with van der Waals surface area (Å²) in [6, 6.07) is 0. The predicted molar refractivity (Wildman–Crippen MR) is 97.0 cm³/mol. The van der Waals surface area contributed by atoms with Gasteiger partial charge in [0.05, 0.1) is 32.5 Å². The van der Waals surface area contributed by atoms with Gasteiger partial charge in [-0.05, 0) is 68.8 Å². The molecule has 2 unspecified atom stereocenters. The summed E-state index contributed by atoms with van der Waals surface area (Å²) in [5.41, 5.74) is 0.428. The van der Waals surface area contributed by atoms with Crippen molar-refractivity contribution in [2.75, 3.05) is 20.3 Å². The van der Waals surface area contributed by atoms with Gasteiger partial charge >= 0.3 is 0 Å². The first-order chi connectivity index (χ1) is 12.6. The fourth-order valence-electron chi connectivity index (χ4n) is 4.55. The second-order valence-electron chi connectivity index (χ2n) is 7.91. The highest BCUT2D eigenvalue weighted by molar-refractivity contribution is 5.32. The number of ether oxygens (including phenoxy) is 3. The van der Waals surface area contributed by atoms with E-state index < -0.39 is 11.7 Å². The molecule has 0 aromatic carbocycles. The van der Waals surface area contributed by atoms with Crippen LogP contribution in [0.2, 0.25) is 0 Å². The molecule has 0 aromatic heterocycles. The molecule has 1 aliphatic heterocycles. The zero-order chi connectivity index (χ0) is 18.5. The molecule has 0 spiro atoms. The molecule has 0 aromatic rings. The lowest BCUT2D eigenvalue weighted by atomic mass is 9.76. The van der Waals surface area contributed by atoms with E-state index in [2.05, 4.69) is 6.92 Å². The van der Waals surface area contributed by atoms with Crippen LogP contribution in [0.4, 0.5) is 8.78 Å². The molecule has 3 nitrogen and oxygen atoms in total. The molecule has 0 radical (unpaired) electrons. The van der Waals surface area contributed by atoms with Crippen LogP contribution in [-0.4, -0.2) is 32.5 Å². The van der Waals surface area contributed by atoms with Gasteiger partial charge in [-0.15, -0.1) is 0 Å². The average molecular weight is 370 g/mol. The minimum atomic E-state index is -0.858. The molecule has 3 rings (SSSR count). The summed E-state index contributed by atoms with van der Waals surface area (Å²) >= 11 is 0. The number of halogens is 2. The molecule has 3 aliphatic rings. The van der Waals surface area contributed by atoms with Gasteiger partial charge < -0.3 is 14.2 Å². The molecule has 26 heavy (non-hydrogen) atoms. The molecule has 0 bridgehead atoms. The Kier molecular flexibility index (Phi) is 7.10. The molecule has 0 N–H and O–H groups in total. The van der Waals surface area contributed by atoms with E-state index in [4.69, 9.17) is 14.2 Å². The molecule has 5 heteroatoms. The Morgan fingerprint density at radius 1 is 0.962 bits per heavy atom. The summed E-state index contributed by atoms with van der Waals surface area (Å²) in [4.78, 5) is 0. The van der Waals surface area contributed by atoms with Crippen molar-refractivity contribution in [2.24, 2.45) is 11.8 Å². The predicted octanol–water partition coefficient (Wildman–Crippen LogP) is 5.61. The molecular weight excluding hydrogens is 338 g/mol. The molecule has 148 valence electrons. The van der Waals surface area contributed by atoms with Crippen LogP contribution in [-0.2, 0) is 14.2 Å². The van der Waals surface area contributed by atoms with Crippen LogP contribution in [0.1, 0.15) is 64.7 Å². The Morgan fingerprint density at radius 2 is 1.69 bits per heavy atom. The van der Waals surface area contributed by atoms with Crippen LogP contribution >= 0.6 is 0 Å². The molecule has 2 atom stereocenters. The minimum Gasteiger partial charge on any atom is -0.498 e. The van der Waals surface area contributed by atoms with Crippen LogP contribution < -0.4 is 0 Å². The van der Waals surface area contributed by atoms with Gasteiger partial charge in [-0.3, -0.25) is 0 Å². The monoisotopic (exact) mass is 370 g/mol. The molecule has 1 heterocycles. The number of rotatable bonds is 6. The van der Waals surface area contributed by atoms with E-state index in [9.17, 15) is 8.78 Å². The standard InChI is InChI=1S/C21H32F2O3/c1-3-17-8-6-15(12-25-17)14-4-9-18(10-5-14)26-13-16-7-11-19(24-2)21(23)20(16)22/h14-15,17-18H,3-13H2,1-2H3. The summed E-state index contributed by atoms with van der Waals surface area (Å²) in [5, 5.41) is 0. The van der Waals surface area contributed by atoms with Crippen LogP contribution in [0, 0.1) is 11.8 Å². The highest BCUT2D eigenvalue weighted by Crippen LogP contribution is 2.38. The first-order valence-electron chi connectivity index (χ1n) is 10.2. The second-order valence-corrected chi connectivity index (χ2v) is 7.91. The Bertz CT molecular complexity index is 527. The number of methoxy groups -OCH3 is 1. The smallest absolute Gasteiger partial charge is 0.196 e. The number of hydrogen-bond donors (Lipinski definition) is 0. The third-order valence-corrected chi connectivity index (χ3v) is 6.39. The summed E-state index contributed by atoms with van der Waals surface area (Å²) < 4.78 is 44.7. The Hall–Kier alpha value is -0.940. The maximum Gasteiger partial charge on any atom is 0.196 e.